The molecule has 0 bridgehead atoms. The third kappa shape index (κ3) is 3.83. The highest BCUT2D eigenvalue weighted by Crippen LogP contribution is 2.39. The Bertz CT molecular complexity index is 1870. The summed E-state index contributed by atoms with van der Waals surface area (Å²) in [6, 6.07) is 25.9. The molecule has 3 aromatic heterocycles. The molecule has 6 aromatic rings. The maximum atomic E-state index is 12.7. The SMILES string of the molecule is COC(=O)c1cc2c3ccccc3n(Cc3cccc(Br)c3)c2c(-c2cn(C(C)=O)c3ccccc23)n1. The Morgan fingerprint density at radius 3 is 2.35 bits per heavy atom. The number of hydrogen-bond acceptors (Lipinski definition) is 4. The molecule has 6 rings (SSSR count). The minimum Gasteiger partial charge on any atom is -0.464 e. The summed E-state index contributed by atoms with van der Waals surface area (Å²) in [7, 11) is 1.35. The molecule has 0 aliphatic rings. The monoisotopic (exact) mass is 551 g/mol. The highest BCUT2D eigenvalue weighted by molar-refractivity contribution is 9.10. The Hall–Kier alpha value is -4.23. The van der Waals surface area contributed by atoms with Gasteiger partial charge in [-0.3, -0.25) is 9.36 Å². The Morgan fingerprint density at radius 1 is 0.892 bits per heavy atom. The lowest BCUT2D eigenvalue weighted by Gasteiger charge is -2.12. The Kier molecular flexibility index (Phi) is 5.65. The van der Waals surface area contributed by atoms with Crippen molar-refractivity contribution in [2.45, 2.75) is 13.5 Å². The van der Waals surface area contributed by atoms with E-state index >= 15 is 0 Å². The zero-order valence-corrected chi connectivity index (χ0v) is 21.8. The molecular formula is C30H22BrN3O3. The van der Waals surface area contributed by atoms with Gasteiger partial charge in [0.15, 0.2) is 0 Å². The summed E-state index contributed by atoms with van der Waals surface area (Å²) in [4.78, 5) is 30.1. The maximum absolute atomic E-state index is 12.7. The summed E-state index contributed by atoms with van der Waals surface area (Å²) >= 11 is 3.59. The van der Waals surface area contributed by atoms with E-state index in [-0.39, 0.29) is 11.6 Å². The molecule has 0 aliphatic heterocycles. The normalized spacial score (nSPS) is 11.4. The highest BCUT2D eigenvalue weighted by Gasteiger charge is 2.23. The van der Waals surface area contributed by atoms with Crippen molar-refractivity contribution < 1.29 is 14.3 Å². The van der Waals surface area contributed by atoms with Crippen LogP contribution in [0, 0.1) is 0 Å². The molecule has 0 amide bonds. The third-order valence-corrected chi connectivity index (χ3v) is 7.17. The van der Waals surface area contributed by atoms with E-state index in [1.807, 2.05) is 54.7 Å². The molecule has 37 heavy (non-hydrogen) atoms. The van der Waals surface area contributed by atoms with Crippen molar-refractivity contribution in [2.75, 3.05) is 7.11 Å². The first kappa shape index (κ1) is 23.2. The van der Waals surface area contributed by atoms with Gasteiger partial charge in [0.05, 0.1) is 23.8 Å². The quantitative estimate of drug-likeness (QED) is 0.220. The summed E-state index contributed by atoms with van der Waals surface area (Å²) in [5.74, 6) is -0.611. The van der Waals surface area contributed by atoms with E-state index in [9.17, 15) is 9.59 Å². The molecule has 0 saturated heterocycles. The lowest BCUT2D eigenvalue weighted by molar-refractivity contribution is 0.0594. The van der Waals surface area contributed by atoms with Gasteiger partial charge in [-0.2, -0.15) is 0 Å². The first-order chi connectivity index (χ1) is 18.0. The number of rotatable bonds is 4. The van der Waals surface area contributed by atoms with Gasteiger partial charge in [0, 0.05) is 51.4 Å². The van der Waals surface area contributed by atoms with Crippen LogP contribution in [0.4, 0.5) is 0 Å². The van der Waals surface area contributed by atoms with Crippen molar-refractivity contribution in [3.8, 4) is 11.3 Å². The minimum absolute atomic E-state index is 0.0995. The van der Waals surface area contributed by atoms with Gasteiger partial charge in [-0.1, -0.05) is 64.5 Å². The molecule has 3 aromatic carbocycles. The van der Waals surface area contributed by atoms with Crippen LogP contribution >= 0.6 is 15.9 Å². The van der Waals surface area contributed by atoms with Gasteiger partial charge in [-0.25, -0.2) is 9.78 Å². The lowest BCUT2D eigenvalue weighted by atomic mass is 10.1. The number of benzene rings is 3. The van der Waals surface area contributed by atoms with E-state index in [4.69, 9.17) is 9.72 Å². The zero-order valence-electron chi connectivity index (χ0n) is 20.2. The van der Waals surface area contributed by atoms with E-state index in [2.05, 4.69) is 44.8 Å². The highest BCUT2D eigenvalue weighted by atomic mass is 79.9. The van der Waals surface area contributed by atoms with Crippen LogP contribution in [-0.2, 0) is 11.3 Å². The molecule has 0 saturated carbocycles. The van der Waals surface area contributed by atoms with Gasteiger partial charge in [-0.05, 0) is 35.9 Å². The van der Waals surface area contributed by atoms with Crippen LogP contribution in [0.15, 0.2) is 89.5 Å². The molecule has 0 unspecified atom stereocenters. The van der Waals surface area contributed by atoms with Crippen LogP contribution in [-0.4, -0.2) is 33.1 Å². The first-order valence-electron chi connectivity index (χ1n) is 11.8. The molecule has 0 atom stereocenters. The number of halogens is 1. The average Bonchev–Trinajstić information content (AvgIpc) is 3.45. The predicted molar refractivity (Wildman–Crippen MR) is 149 cm³/mol. The van der Waals surface area contributed by atoms with Crippen LogP contribution in [0.2, 0.25) is 0 Å². The van der Waals surface area contributed by atoms with Gasteiger partial charge in [0.1, 0.15) is 5.69 Å². The van der Waals surface area contributed by atoms with Crippen molar-refractivity contribution in [1.29, 1.82) is 0 Å². The van der Waals surface area contributed by atoms with E-state index < -0.39 is 5.97 Å². The Morgan fingerprint density at radius 2 is 1.62 bits per heavy atom. The Balaban J connectivity index is 1.76. The maximum Gasteiger partial charge on any atom is 0.356 e. The van der Waals surface area contributed by atoms with Gasteiger partial charge >= 0.3 is 5.97 Å². The number of hydrogen-bond donors (Lipinski definition) is 0. The molecule has 6 nitrogen and oxygen atoms in total. The summed E-state index contributed by atoms with van der Waals surface area (Å²) in [5, 5.41) is 2.79. The number of para-hydroxylation sites is 2. The van der Waals surface area contributed by atoms with Gasteiger partial charge in [-0.15, -0.1) is 0 Å². The first-order valence-corrected chi connectivity index (χ1v) is 12.6. The number of methoxy groups -OCH3 is 1. The van der Waals surface area contributed by atoms with Gasteiger partial charge in [0.2, 0.25) is 5.91 Å². The van der Waals surface area contributed by atoms with E-state index in [1.165, 1.54) is 14.0 Å². The molecule has 3 heterocycles. The van der Waals surface area contributed by atoms with Crippen LogP contribution in [0.1, 0.15) is 27.8 Å². The van der Waals surface area contributed by atoms with Crippen LogP contribution in [0.3, 0.4) is 0 Å². The van der Waals surface area contributed by atoms with Crippen molar-refractivity contribution in [1.82, 2.24) is 14.1 Å². The number of fused-ring (bicyclic) bond motifs is 4. The molecule has 0 radical (unpaired) electrons. The summed E-state index contributed by atoms with van der Waals surface area (Å²) in [6.07, 6.45) is 1.82. The molecule has 0 spiro atoms. The van der Waals surface area contributed by atoms with Crippen molar-refractivity contribution in [2.24, 2.45) is 0 Å². The molecule has 0 N–H and O–H groups in total. The number of pyridine rings is 1. The molecule has 0 aliphatic carbocycles. The van der Waals surface area contributed by atoms with E-state index in [0.717, 1.165) is 48.3 Å². The summed E-state index contributed by atoms with van der Waals surface area (Å²) in [5.41, 5.74) is 5.44. The number of carbonyl (C=O) groups excluding carboxylic acids is 2. The largest absolute Gasteiger partial charge is 0.464 e. The fraction of sp³-hybridized carbons (Fsp3) is 0.100. The van der Waals surface area contributed by atoms with Crippen LogP contribution < -0.4 is 0 Å². The number of ether oxygens (including phenoxy) is 1. The third-order valence-electron chi connectivity index (χ3n) is 6.68. The smallest absolute Gasteiger partial charge is 0.356 e. The molecule has 7 heteroatoms. The van der Waals surface area contributed by atoms with Gasteiger partial charge < -0.3 is 9.30 Å². The van der Waals surface area contributed by atoms with Crippen molar-refractivity contribution in [3.63, 3.8) is 0 Å². The number of aromatic nitrogens is 3. The minimum atomic E-state index is -0.512. The Labute approximate surface area is 221 Å². The van der Waals surface area contributed by atoms with Crippen LogP contribution in [0.5, 0.6) is 0 Å². The van der Waals surface area contributed by atoms with E-state index in [1.54, 1.807) is 10.6 Å². The topological polar surface area (TPSA) is 66.1 Å². The van der Waals surface area contributed by atoms with Crippen molar-refractivity contribution >= 4 is 60.5 Å². The lowest BCUT2D eigenvalue weighted by Crippen LogP contribution is -2.07. The number of nitrogens with zero attached hydrogens (tertiary/aromatic N) is 3. The standard InChI is InChI=1S/C30H22BrN3O3/c1-18(35)33-17-24(22-11-4-5-12-26(22)33)28-29-23(15-25(32-28)30(36)37-2)21-10-3-6-13-27(21)34(29)16-19-8-7-9-20(31)14-19/h3-15,17H,16H2,1-2H3. The molecule has 182 valence electrons. The fourth-order valence-electron chi connectivity index (χ4n) is 5.08. The second kappa shape index (κ2) is 9.01. The number of esters is 1. The number of carbonyl (C=O) groups is 2. The molecular weight excluding hydrogens is 530 g/mol. The predicted octanol–water partition coefficient (Wildman–Crippen LogP) is 7.07. The van der Waals surface area contributed by atoms with Crippen LogP contribution in [0.25, 0.3) is 44.0 Å². The second-order valence-electron chi connectivity index (χ2n) is 8.93. The summed E-state index contributed by atoms with van der Waals surface area (Å²) < 4.78 is 9.92. The fourth-order valence-corrected chi connectivity index (χ4v) is 5.53. The van der Waals surface area contributed by atoms with E-state index in [0.29, 0.717) is 12.2 Å². The average molecular weight is 552 g/mol. The van der Waals surface area contributed by atoms with Gasteiger partial charge in [0.25, 0.3) is 0 Å². The summed E-state index contributed by atoms with van der Waals surface area (Å²) in [6.45, 7) is 2.13. The second-order valence-corrected chi connectivity index (χ2v) is 9.84. The molecule has 0 fully saturated rings. The zero-order chi connectivity index (χ0) is 25.7. The van der Waals surface area contributed by atoms with Crippen molar-refractivity contribution in [3.05, 3.63) is 101 Å².